The first-order valence-electron chi connectivity index (χ1n) is 6.38. The van der Waals surface area contributed by atoms with Crippen molar-refractivity contribution in [3.8, 4) is 0 Å². The summed E-state index contributed by atoms with van der Waals surface area (Å²) in [7, 11) is 0. The van der Waals surface area contributed by atoms with Crippen molar-refractivity contribution in [2.24, 2.45) is 0 Å². The highest BCUT2D eigenvalue weighted by Crippen LogP contribution is 2.24. The minimum atomic E-state index is 0.0196. The van der Waals surface area contributed by atoms with Gasteiger partial charge in [0.1, 0.15) is 0 Å². The van der Waals surface area contributed by atoms with E-state index in [2.05, 4.69) is 25.3 Å². The van der Waals surface area contributed by atoms with Crippen LogP contribution in [0.1, 0.15) is 48.1 Å². The molecule has 0 aliphatic heterocycles. The van der Waals surface area contributed by atoms with E-state index < -0.39 is 0 Å². The molecule has 0 radical (unpaired) electrons. The lowest BCUT2D eigenvalue weighted by atomic mass is 10.2. The van der Waals surface area contributed by atoms with Crippen LogP contribution in [0.4, 0.5) is 0 Å². The summed E-state index contributed by atoms with van der Waals surface area (Å²) in [5.74, 6) is 2.40. The Kier molecular flexibility index (Phi) is 6.30. The van der Waals surface area contributed by atoms with Gasteiger partial charge in [-0.15, -0.1) is 11.6 Å². The molecule has 0 amide bonds. The van der Waals surface area contributed by atoms with Crippen molar-refractivity contribution in [1.29, 1.82) is 0 Å². The van der Waals surface area contributed by atoms with Crippen LogP contribution < -0.4 is 0 Å². The van der Waals surface area contributed by atoms with Crippen molar-refractivity contribution in [3.05, 3.63) is 23.0 Å². The summed E-state index contributed by atoms with van der Waals surface area (Å²) in [6.45, 7) is 8.46. The van der Waals surface area contributed by atoms with Gasteiger partial charge in [0.25, 0.3) is 0 Å². The number of Topliss-reactive ketones (excluding diaryl/α,β-unsaturated/α-hetero) is 1. The molecule has 1 heterocycles. The summed E-state index contributed by atoms with van der Waals surface area (Å²) >= 11 is 7.60. The summed E-state index contributed by atoms with van der Waals surface area (Å²) < 4.78 is 2.26. The number of alkyl halides is 1. The summed E-state index contributed by atoms with van der Waals surface area (Å²) in [6, 6.07) is 2.39. The molecule has 0 fully saturated rings. The van der Waals surface area contributed by atoms with Gasteiger partial charge in [-0.05, 0) is 44.8 Å². The van der Waals surface area contributed by atoms with Crippen LogP contribution in [0, 0.1) is 13.8 Å². The fraction of sp³-hybridized carbons (Fsp3) is 0.643. The van der Waals surface area contributed by atoms with Gasteiger partial charge in [0.15, 0.2) is 5.78 Å². The van der Waals surface area contributed by atoms with Gasteiger partial charge in [0.2, 0.25) is 0 Å². The van der Waals surface area contributed by atoms with Gasteiger partial charge >= 0.3 is 0 Å². The van der Waals surface area contributed by atoms with Gasteiger partial charge in [-0.25, -0.2) is 0 Å². The van der Waals surface area contributed by atoms with Crippen molar-refractivity contribution in [1.82, 2.24) is 4.57 Å². The maximum Gasteiger partial charge on any atom is 0.179 e. The first-order valence-corrected chi connectivity index (χ1v) is 8.07. The molecule has 0 aromatic carbocycles. The molecule has 0 bridgehead atoms. The Bertz CT molecular complexity index is 414. The lowest BCUT2D eigenvalue weighted by molar-refractivity contribution is 0.102. The maximum atomic E-state index is 11.7. The van der Waals surface area contributed by atoms with Crippen molar-refractivity contribution >= 4 is 29.1 Å². The molecule has 0 saturated heterocycles. The van der Waals surface area contributed by atoms with Crippen LogP contribution in [-0.2, 0) is 0 Å². The van der Waals surface area contributed by atoms with Gasteiger partial charge in [0, 0.05) is 23.0 Å². The average Bonchev–Trinajstić information content (AvgIpc) is 2.64. The third-order valence-electron chi connectivity index (χ3n) is 3.23. The Hall–Kier alpha value is -0.410. The SMILES string of the molecule is CCSCCC(C)n1c(C)cc(C(=O)CCl)c1C. The van der Waals surface area contributed by atoms with E-state index >= 15 is 0 Å². The maximum absolute atomic E-state index is 11.7. The van der Waals surface area contributed by atoms with Crippen LogP contribution in [0.15, 0.2) is 6.07 Å². The monoisotopic (exact) mass is 287 g/mol. The van der Waals surface area contributed by atoms with Gasteiger partial charge in [-0.2, -0.15) is 11.8 Å². The molecule has 1 aromatic heterocycles. The number of carbonyl (C=O) groups excluding carboxylic acids is 1. The zero-order chi connectivity index (χ0) is 13.7. The molecular formula is C14H22ClNOS. The van der Waals surface area contributed by atoms with Gasteiger partial charge in [-0.1, -0.05) is 6.92 Å². The zero-order valence-corrected chi connectivity index (χ0v) is 13.2. The number of halogens is 1. The molecule has 1 atom stereocenters. The topological polar surface area (TPSA) is 22.0 Å². The first kappa shape index (κ1) is 15.6. The van der Waals surface area contributed by atoms with Crippen LogP contribution in [0.25, 0.3) is 0 Å². The number of ketones is 1. The molecule has 1 aromatic rings. The van der Waals surface area contributed by atoms with Crippen LogP contribution in [-0.4, -0.2) is 27.7 Å². The number of rotatable bonds is 7. The van der Waals surface area contributed by atoms with E-state index in [0.29, 0.717) is 6.04 Å². The van der Waals surface area contributed by atoms with Gasteiger partial charge in [0.05, 0.1) is 5.88 Å². The zero-order valence-electron chi connectivity index (χ0n) is 11.6. The number of aromatic nitrogens is 1. The van der Waals surface area contributed by atoms with Crippen LogP contribution in [0.5, 0.6) is 0 Å². The molecule has 18 heavy (non-hydrogen) atoms. The van der Waals surface area contributed by atoms with E-state index in [0.717, 1.165) is 34.9 Å². The quantitative estimate of drug-likeness (QED) is 0.425. The predicted molar refractivity (Wildman–Crippen MR) is 81.3 cm³/mol. The normalized spacial score (nSPS) is 12.7. The Morgan fingerprint density at radius 2 is 2.17 bits per heavy atom. The molecule has 0 N–H and O–H groups in total. The second kappa shape index (κ2) is 7.25. The van der Waals surface area contributed by atoms with Crippen molar-refractivity contribution in [2.45, 2.75) is 40.2 Å². The van der Waals surface area contributed by atoms with E-state index in [4.69, 9.17) is 11.6 Å². The lowest BCUT2D eigenvalue weighted by Gasteiger charge is -2.18. The molecule has 102 valence electrons. The molecular weight excluding hydrogens is 266 g/mol. The minimum absolute atomic E-state index is 0.0196. The van der Waals surface area contributed by atoms with E-state index in [-0.39, 0.29) is 11.7 Å². The predicted octanol–water partition coefficient (Wildman–Crippen LogP) is 4.23. The molecule has 0 aliphatic rings. The Labute approximate surface area is 119 Å². The summed E-state index contributed by atoms with van der Waals surface area (Å²) in [4.78, 5) is 11.7. The van der Waals surface area contributed by atoms with E-state index in [9.17, 15) is 4.79 Å². The molecule has 1 unspecified atom stereocenters. The fourth-order valence-corrected chi connectivity index (χ4v) is 3.28. The number of carbonyl (C=O) groups is 1. The number of hydrogen-bond acceptors (Lipinski definition) is 2. The van der Waals surface area contributed by atoms with Gasteiger partial charge in [-0.3, -0.25) is 4.79 Å². The second-order valence-corrected chi connectivity index (χ2v) is 6.21. The van der Waals surface area contributed by atoms with Crippen LogP contribution in [0.3, 0.4) is 0 Å². The molecule has 0 spiro atoms. The Balaban J connectivity index is 2.88. The number of nitrogens with zero attached hydrogens (tertiary/aromatic N) is 1. The molecule has 4 heteroatoms. The standard InChI is InChI=1S/C14H22ClNOS/c1-5-18-7-6-10(2)16-11(3)8-13(12(16)4)14(17)9-15/h8,10H,5-7,9H2,1-4H3. The Morgan fingerprint density at radius 3 is 2.72 bits per heavy atom. The third-order valence-corrected chi connectivity index (χ3v) is 4.41. The minimum Gasteiger partial charge on any atom is -0.346 e. The molecule has 2 nitrogen and oxygen atoms in total. The number of hydrogen-bond donors (Lipinski definition) is 0. The highest BCUT2D eigenvalue weighted by Gasteiger charge is 2.17. The fourth-order valence-electron chi connectivity index (χ4n) is 2.34. The highest BCUT2D eigenvalue weighted by atomic mass is 35.5. The molecule has 0 aliphatic carbocycles. The number of aryl methyl sites for hydroxylation is 1. The summed E-state index contributed by atoms with van der Waals surface area (Å²) in [5.41, 5.74) is 2.97. The summed E-state index contributed by atoms with van der Waals surface area (Å²) in [6.07, 6.45) is 1.13. The Morgan fingerprint density at radius 1 is 1.50 bits per heavy atom. The number of thioether (sulfide) groups is 1. The largest absolute Gasteiger partial charge is 0.346 e. The lowest BCUT2D eigenvalue weighted by Crippen LogP contribution is -2.11. The van der Waals surface area contributed by atoms with E-state index in [1.807, 2.05) is 24.8 Å². The first-order chi connectivity index (χ1) is 8.52. The van der Waals surface area contributed by atoms with Crippen LogP contribution >= 0.6 is 23.4 Å². The van der Waals surface area contributed by atoms with Crippen molar-refractivity contribution < 1.29 is 4.79 Å². The third kappa shape index (κ3) is 3.55. The van der Waals surface area contributed by atoms with Gasteiger partial charge < -0.3 is 4.57 Å². The second-order valence-electron chi connectivity index (χ2n) is 4.55. The van der Waals surface area contributed by atoms with Crippen LogP contribution in [0.2, 0.25) is 0 Å². The highest BCUT2D eigenvalue weighted by molar-refractivity contribution is 7.99. The van der Waals surface area contributed by atoms with Crippen molar-refractivity contribution in [2.75, 3.05) is 17.4 Å². The van der Waals surface area contributed by atoms with E-state index in [1.165, 1.54) is 0 Å². The average molecular weight is 288 g/mol. The molecule has 0 saturated carbocycles. The van der Waals surface area contributed by atoms with Crippen molar-refractivity contribution in [3.63, 3.8) is 0 Å². The smallest absolute Gasteiger partial charge is 0.179 e. The molecule has 1 rings (SSSR count). The van der Waals surface area contributed by atoms with E-state index in [1.54, 1.807) is 0 Å². The summed E-state index contributed by atoms with van der Waals surface area (Å²) in [5, 5.41) is 0.